The summed E-state index contributed by atoms with van der Waals surface area (Å²) in [7, 11) is 0. The second-order valence-corrected chi connectivity index (χ2v) is 7.07. The SMILES string of the molecule is Cc1ccc2[nH]c3c(c2c1)CCC[C@@H]3[NH2+]Cc1ccc(Cl)cc1. The molecular weight excluding hydrogens is 304 g/mol. The van der Waals surface area contributed by atoms with Crippen molar-refractivity contribution < 1.29 is 5.32 Å². The van der Waals surface area contributed by atoms with E-state index in [9.17, 15) is 0 Å². The molecule has 1 aromatic heterocycles. The van der Waals surface area contributed by atoms with Crippen molar-refractivity contribution in [3.8, 4) is 0 Å². The number of H-pyrrole nitrogens is 1. The molecule has 0 bridgehead atoms. The van der Waals surface area contributed by atoms with Crippen LogP contribution >= 0.6 is 11.6 Å². The fraction of sp³-hybridized carbons (Fsp3) is 0.300. The zero-order valence-corrected chi connectivity index (χ0v) is 14.2. The highest BCUT2D eigenvalue weighted by Crippen LogP contribution is 2.33. The van der Waals surface area contributed by atoms with Gasteiger partial charge in [-0.2, -0.15) is 0 Å². The van der Waals surface area contributed by atoms with Crippen LogP contribution in [-0.4, -0.2) is 4.98 Å². The molecule has 1 atom stereocenters. The lowest BCUT2D eigenvalue weighted by atomic mass is 9.91. The Balaban J connectivity index is 1.60. The van der Waals surface area contributed by atoms with Gasteiger partial charge in [0.1, 0.15) is 12.6 Å². The third kappa shape index (κ3) is 2.89. The summed E-state index contributed by atoms with van der Waals surface area (Å²) >= 11 is 5.97. The first-order chi connectivity index (χ1) is 11.2. The molecule has 0 spiro atoms. The summed E-state index contributed by atoms with van der Waals surface area (Å²) in [5.74, 6) is 0. The van der Waals surface area contributed by atoms with Crippen LogP contribution in [0.2, 0.25) is 5.02 Å². The fourth-order valence-corrected chi connectivity index (χ4v) is 3.87. The fourth-order valence-electron chi connectivity index (χ4n) is 3.75. The highest BCUT2D eigenvalue weighted by Gasteiger charge is 2.26. The van der Waals surface area contributed by atoms with Crippen LogP contribution in [0, 0.1) is 6.92 Å². The zero-order chi connectivity index (χ0) is 15.8. The molecule has 1 aliphatic carbocycles. The highest BCUT2D eigenvalue weighted by molar-refractivity contribution is 6.30. The number of aromatic nitrogens is 1. The predicted molar refractivity (Wildman–Crippen MR) is 95.8 cm³/mol. The second-order valence-electron chi connectivity index (χ2n) is 6.63. The van der Waals surface area contributed by atoms with Gasteiger partial charge in [0.25, 0.3) is 0 Å². The average Bonchev–Trinajstić information content (AvgIpc) is 2.93. The lowest BCUT2D eigenvalue weighted by Gasteiger charge is -2.21. The molecule has 0 radical (unpaired) electrons. The number of aromatic amines is 1. The van der Waals surface area contributed by atoms with Crippen molar-refractivity contribution >= 4 is 22.5 Å². The number of benzene rings is 2. The van der Waals surface area contributed by atoms with E-state index >= 15 is 0 Å². The minimum absolute atomic E-state index is 0.530. The Morgan fingerprint density at radius 2 is 2.00 bits per heavy atom. The van der Waals surface area contributed by atoms with E-state index in [-0.39, 0.29) is 0 Å². The van der Waals surface area contributed by atoms with Crippen molar-refractivity contribution in [2.45, 2.75) is 38.8 Å². The van der Waals surface area contributed by atoms with Crippen molar-refractivity contribution in [2.75, 3.05) is 0 Å². The molecular formula is C20H22ClN2+. The minimum Gasteiger partial charge on any atom is -0.353 e. The second kappa shape index (κ2) is 6.03. The van der Waals surface area contributed by atoms with Crippen molar-refractivity contribution in [3.05, 3.63) is 69.9 Å². The van der Waals surface area contributed by atoms with Gasteiger partial charge in [0.2, 0.25) is 0 Å². The average molecular weight is 326 g/mol. The number of nitrogens with one attached hydrogen (secondary N) is 1. The molecule has 0 unspecified atom stereocenters. The molecule has 0 saturated carbocycles. The third-order valence-electron chi connectivity index (χ3n) is 4.96. The number of fused-ring (bicyclic) bond motifs is 3. The Morgan fingerprint density at radius 1 is 1.17 bits per heavy atom. The summed E-state index contributed by atoms with van der Waals surface area (Å²) in [4.78, 5) is 3.69. The van der Waals surface area contributed by atoms with Crippen LogP contribution < -0.4 is 5.32 Å². The summed E-state index contributed by atoms with van der Waals surface area (Å²) in [6.07, 6.45) is 3.71. The van der Waals surface area contributed by atoms with E-state index in [0.29, 0.717) is 6.04 Å². The van der Waals surface area contributed by atoms with E-state index in [2.05, 4.69) is 47.6 Å². The van der Waals surface area contributed by atoms with Crippen LogP contribution in [0.5, 0.6) is 0 Å². The molecule has 1 heterocycles. The maximum absolute atomic E-state index is 5.97. The molecule has 0 saturated heterocycles. The van der Waals surface area contributed by atoms with Gasteiger partial charge in [0.05, 0.1) is 5.69 Å². The van der Waals surface area contributed by atoms with Crippen LogP contribution in [0.3, 0.4) is 0 Å². The zero-order valence-electron chi connectivity index (χ0n) is 13.4. The number of halogens is 1. The third-order valence-corrected chi connectivity index (χ3v) is 5.21. The van der Waals surface area contributed by atoms with Gasteiger partial charge in [-0.25, -0.2) is 0 Å². The summed E-state index contributed by atoms with van der Waals surface area (Å²) in [5.41, 5.74) is 6.92. The molecule has 4 rings (SSSR count). The van der Waals surface area contributed by atoms with Crippen molar-refractivity contribution in [3.63, 3.8) is 0 Å². The van der Waals surface area contributed by atoms with Gasteiger partial charge >= 0.3 is 0 Å². The van der Waals surface area contributed by atoms with E-state index in [4.69, 9.17) is 11.6 Å². The molecule has 2 nitrogen and oxygen atoms in total. The van der Waals surface area contributed by atoms with Gasteiger partial charge in [0, 0.05) is 27.9 Å². The van der Waals surface area contributed by atoms with Gasteiger partial charge in [-0.15, -0.1) is 0 Å². The normalized spacial score (nSPS) is 17.4. The number of aryl methyl sites for hydroxylation is 2. The summed E-state index contributed by atoms with van der Waals surface area (Å²) in [5, 5.41) is 4.69. The number of hydrogen-bond acceptors (Lipinski definition) is 0. The lowest BCUT2D eigenvalue weighted by Crippen LogP contribution is -2.84. The van der Waals surface area contributed by atoms with Crippen LogP contribution in [0.1, 0.15) is 41.3 Å². The predicted octanol–water partition coefficient (Wildman–Crippen LogP) is 4.27. The van der Waals surface area contributed by atoms with E-state index in [1.807, 2.05) is 12.1 Å². The molecule has 0 aliphatic heterocycles. The van der Waals surface area contributed by atoms with E-state index < -0.39 is 0 Å². The first-order valence-electron chi connectivity index (χ1n) is 8.39. The van der Waals surface area contributed by atoms with Gasteiger partial charge in [-0.05, 0) is 49.6 Å². The first-order valence-corrected chi connectivity index (χ1v) is 8.77. The van der Waals surface area contributed by atoms with Crippen molar-refractivity contribution in [1.82, 2.24) is 4.98 Å². The Hall–Kier alpha value is -1.77. The monoisotopic (exact) mass is 325 g/mol. The van der Waals surface area contributed by atoms with Crippen LogP contribution in [0.25, 0.3) is 10.9 Å². The topological polar surface area (TPSA) is 32.4 Å². The maximum Gasteiger partial charge on any atom is 0.127 e. The molecule has 3 N–H and O–H groups in total. The van der Waals surface area contributed by atoms with E-state index in [0.717, 1.165) is 11.6 Å². The minimum atomic E-state index is 0.530. The van der Waals surface area contributed by atoms with Crippen molar-refractivity contribution in [1.29, 1.82) is 0 Å². The van der Waals surface area contributed by atoms with Crippen molar-refractivity contribution in [2.24, 2.45) is 0 Å². The Morgan fingerprint density at radius 3 is 2.83 bits per heavy atom. The maximum atomic E-state index is 5.97. The lowest BCUT2D eigenvalue weighted by molar-refractivity contribution is -0.712. The van der Waals surface area contributed by atoms with Gasteiger partial charge < -0.3 is 10.3 Å². The largest absolute Gasteiger partial charge is 0.353 e. The summed E-state index contributed by atoms with van der Waals surface area (Å²) in [6.45, 7) is 3.17. The first kappa shape index (κ1) is 14.8. The van der Waals surface area contributed by atoms with E-state index in [1.165, 1.54) is 52.5 Å². The Bertz CT molecular complexity index is 833. The molecule has 2 aromatic carbocycles. The molecule has 0 fully saturated rings. The standard InChI is InChI=1S/C20H21ClN2/c1-13-5-10-18-17(11-13)16-3-2-4-19(20(16)23-18)22-12-14-6-8-15(21)9-7-14/h5-11,19,22-23H,2-4,12H2,1H3/p+1/t19-/m0/s1. The molecule has 3 aromatic rings. The molecule has 23 heavy (non-hydrogen) atoms. The Kier molecular flexibility index (Phi) is 3.88. The Labute approximate surface area is 141 Å². The van der Waals surface area contributed by atoms with Gasteiger partial charge in [-0.3, -0.25) is 0 Å². The molecule has 0 amide bonds. The quantitative estimate of drug-likeness (QED) is 0.721. The van der Waals surface area contributed by atoms with Crippen LogP contribution in [0.15, 0.2) is 42.5 Å². The highest BCUT2D eigenvalue weighted by atomic mass is 35.5. The molecule has 3 heteroatoms. The number of quaternary nitrogens is 1. The summed E-state index contributed by atoms with van der Waals surface area (Å²) in [6, 6.07) is 15.5. The number of rotatable bonds is 3. The molecule has 118 valence electrons. The van der Waals surface area contributed by atoms with Crippen LogP contribution in [0.4, 0.5) is 0 Å². The number of hydrogen-bond donors (Lipinski definition) is 2. The smallest absolute Gasteiger partial charge is 0.127 e. The number of nitrogens with two attached hydrogens (primary N) is 1. The molecule has 1 aliphatic rings. The summed E-state index contributed by atoms with van der Waals surface area (Å²) < 4.78 is 0. The van der Waals surface area contributed by atoms with Crippen LogP contribution in [-0.2, 0) is 13.0 Å². The van der Waals surface area contributed by atoms with Gasteiger partial charge in [0.15, 0.2) is 0 Å². The van der Waals surface area contributed by atoms with Gasteiger partial charge in [-0.1, -0.05) is 35.4 Å². The van der Waals surface area contributed by atoms with E-state index in [1.54, 1.807) is 0 Å².